The summed E-state index contributed by atoms with van der Waals surface area (Å²) in [6.07, 6.45) is 2.11. The van der Waals surface area contributed by atoms with Crippen LogP contribution in [0.25, 0.3) is 0 Å². The quantitative estimate of drug-likeness (QED) is 0.501. The van der Waals surface area contributed by atoms with Gasteiger partial charge in [0.05, 0.1) is 0 Å². The van der Waals surface area contributed by atoms with Crippen molar-refractivity contribution in [3.63, 3.8) is 0 Å². The van der Waals surface area contributed by atoms with Gasteiger partial charge in [0, 0.05) is 0 Å². The van der Waals surface area contributed by atoms with E-state index in [0.29, 0.717) is 0 Å². The number of rotatable bonds is 2. The summed E-state index contributed by atoms with van der Waals surface area (Å²) in [6.45, 7) is 5.39. The number of hydrogen-bond donors (Lipinski definition) is 0. The van der Waals surface area contributed by atoms with Crippen LogP contribution in [0.2, 0.25) is 0 Å². The maximum atomic E-state index is 9.98. The van der Waals surface area contributed by atoms with E-state index >= 15 is 0 Å². The van der Waals surface area contributed by atoms with Crippen LogP contribution >= 0.6 is 0 Å². The molecule has 1 radical (unpaired) electrons. The summed E-state index contributed by atoms with van der Waals surface area (Å²) in [6, 6.07) is 0. The summed E-state index contributed by atoms with van der Waals surface area (Å²) in [5, 5.41) is 20.0. The van der Waals surface area contributed by atoms with Crippen molar-refractivity contribution in [1.29, 1.82) is 0 Å². The van der Waals surface area contributed by atoms with Gasteiger partial charge in [-0.25, -0.2) is 0 Å². The van der Waals surface area contributed by atoms with Crippen molar-refractivity contribution in [3.05, 3.63) is 23.7 Å². The van der Waals surface area contributed by atoms with Crippen LogP contribution in [0.15, 0.2) is 23.7 Å². The number of allylic oxidation sites excluding steroid dienone is 4. The van der Waals surface area contributed by atoms with E-state index in [2.05, 4.69) is 0 Å². The summed E-state index contributed by atoms with van der Waals surface area (Å²) in [7, 11) is 0. The molecule has 0 saturated carbocycles. The Morgan fingerprint density at radius 2 is 1.00 bits per heavy atom. The van der Waals surface area contributed by atoms with Crippen molar-refractivity contribution in [2.24, 2.45) is 0 Å². The van der Waals surface area contributed by atoms with E-state index in [1.54, 1.807) is 0 Å². The number of carbonyl (C=O) groups is 2. The Morgan fingerprint density at radius 1 is 0.800 bits per heavy atom. The first-order valence-electron chi connectivity index (χ1n) is 3.97. The van der Waals surface area contributed by atoms with E-state index in [1.807, 2.05) is 0 Å². The minimum Gasteiger partial charge on any atom is -0.876 e. The van der Waals surface area contributed by atoms with Gasteiger partial charge in [-0.2, -0.15) is 0 Å². The van der Waals surface area contributed by atoms with E-state index in [9.17, 15) is 19.8 Å². The third-order valence-corrected chi connectivity index (χ3v) is 0.813. The Morgan fingerprint density at radius 3 is 1.00 bits per heavy atom. The summed E-state index contributed by atoms with van der Waals surface area (Å²) >= 11 is 0. The molecule has 0 atom stereocenters. The predicted octanol–water partition coefficient (Wildman–Crippen LogP) is -0.324. The molecule has 0 aromatic heterocycles. The maximum absolute atomic E-state index is 9.98. The molecule has 0 saturated heterocycles. The van der Waals surface area contributed by atoms with E-state index in [-0.39, 0.29) is 39.9 Å². The van der Waals surface area contributed by atoms with Crippen molar-refractivity contribution in [3.8, 4) is 0 Å². The predicted molar refractivity (Wildman–Crippen MR) is 48.9 cm³/mol. The fraction of sp³-hybridized carbons (Fsp3) is 0.400. The molecule has 0 aliphatic rings. The Labute approximate surface area is 99.9 Å². The molecule has 0 aromatic carbocycles. The van der Waals surface area contributed by atoms with Crippen LogP contribution in [-0.4, -0.2) is 11.6 Å². The zero-order chi connectivity index (χ0) is 11.7. The first-order chi connectivity index (χ1) is 6.25. The van der Waals surface area contributed by atoms with Crippen LogP contribution < -0.4 is 10.2 Å². The summed E-state index contributed by atoms with van der Waals surface area (Å²) < 4.78 is 0. The van der Waals surface area contributed by atoms with Crippen molar-refractivity contribution in [2.45, 2.75) is 27.7 Å². The molecular formula is C10H14CoO4. The molecule has 87 valence electrons. The van der Waals surface area contributed by atoms with Gasteiger partial charge < -0.3 is 10.2 Å². The standard InChI is InChI=1S/2C5H8O2.Co/c2*1-4(6)3-5(2)7;/h2*3,6H,1-2H3;/q;;+2/p-2. The van der Waals surface area contributed by atoms with Gasteiger partial charge in [-0.05, 0) is 26.0 Å². The molecule has 0 aromatic rings. The molecule has 0 unspecified atom stereocenters. The second-order valence-electron chi connectivity index (χ2n) is 2.73. The van der Waals surface area contributed by atoms with Crippen LogP contribution in [-0.2, 0) is 26.4 Å². The monoisotopic (exact) mass is 257 g/mol. The minimum atomic E-state index is -0.187. The van der Waals surface area contributed by atoms with E-state index < -0.39 is 0 Å². The smallest absolute Gasteiger partial charge is 0.876 e. The Bertz CT molecular complexity index is 231. The first kappa shape index (κ1) is 19.5. The molecule has 15 heavy (non-hydrogen) atoms. The summed E-state index contributed by atoms with van der Waals surface area (Å²) in [5.41, 5.74) is 0. The SMILES string of the molecule is CC(=O)C=C(C)[O-].CC(=O)C=C(C)[O-].[Co+2]. The normalized spacial score (nSPS) is 10.7. The molecule has 0 amide bonds. The fourth-order valence-electron chi connectivity index (χ4n) is 0.572. The van der Waals surface area contributed by atoms with Gasteiger partial charge in [0.1, 0.15) is 0 Å². The topological polar surface area (TPSA) is 80.3 Å². The maximum Gasteiger partial charge on any atom is 2.00 e. The van der Waals surface area contributed by atoms with Crippen LogP contribution in [0.4, 0.5) is 0 Å². The molecule has 0 rings (SSSR count). The third-order valence-electron chi connectivity index (χ3n) is 0.813. The molecule has 0 N–H and O–H groups in total. The van der Waals surface area contributed by atoms with Gasteiger partial charge >= 0.3 is 16.8 Å². The van der Waals surface area contributed by atoms with E-state index in [1.165, 1.54) is 27.7 Å². The van der Waals surface area contributed by atoms with Crippen LogP contribution in [0.5, 0.6) is 0 Å². The molecule has 4 nitrogen and oxygen atoms in total. The fourth-order valence-corrected chi connectivity index (χ4v) is 0.572. The zero-order valence-corrected chi connectivity index (χ0v) is 10.2. The molecule has 0 spiro atoms. The Kier molecular flexibility index (Phi) is 14.3. The van der Waals surface area contributed by atoms with Gasteiger partial charge in [-0.3, -0.25) is 9.59 Å². The number of carbonyl (C=O) groups excluding carboxylic acids is 2. The third kappa shape index (κ3) is 32.2. The Balaban J connectivity index is -0.000000180. The van der Waals surface area contributed by atoms with Gasteiger partial charge in [-0.1, -0.05) is 13.8 Å². The van der Waals surface area contributed by atoms with Crippen LogP contribution in [0.3, 0.4) is 0 Å². The van der Waals surface area contributed by atoms with Crippen LogP contribution in [0, 0.1) is 0 Å². The van der Waals surface area contributed by atoms with Crippen LogP contribution in [0.1, 0.15) is 27.7 Å². The average Bonchev–Trinajstić information content (AvgIpc) is 1.79. The largest absolute Gasteiger partial charge is 2.00 e. The summed E-state index contributed by atoms with van der Waals surface area (Å²) in [5.74, 6) is -0.750. The van der Waals surface area contributed by atoms with Gasteiger partial charge in [0.2, 0.25) is 0 Å². The molecule has 0 fully saturated rings. The molecular weight excluding hydrogens is 243 g/mol. The summed E-state index contributed by atoms with van der Waals surface area (Å²) in [4.78, 5) is 20.0. The number of ketones is 2. The van der Waals surface area contributed by atoms with Crippen molar-refractivity contribution in [1.82, 2.24) is 0 Å². The molecule has 0 bridgehead atoms. The average molecular weight is 257 g/mol. The molecule has 0 aliphatic heterocycles. The molecule has 0 heterocycles. The number of hydrogen-bond acceptors (Lipinski definition) is 4. The van der Waals surface area contributed by atoms with Gasteiger partial charge in [0.15, 0.2) is 11.6 Å². The second-order valence-corrected chi connectivity index (χ2v) is 2.73. The van der Waals surface area contributed by atoms with Gasteiger partial charge in [0.25, 0.3) is 0 Å². The van der Waals surface area contributed by atoms with E-state index in [4.69, 9.17) is 0 Å². The zero-order valence-electron chi connectivity index (χ0n) is 9.12. The Hall–Kier alpha value is -1.07. The van der Waals surface area contributed by atoms with Crippen molar-refractivity contribution < 1.29 is 36.6 Å². The van der Waals surface area contributed by atoms with E-state index in [0.717, 1.165) is 12.2 Å². The minimum absolute atomic E-state index is 0. The van der Waals surface area contributed by atoms with Gasteiger partial charge in [-0.15, -0.1) is 11.5 Å². The molecule has 0 aliphatic carbocycles. The van der Waals surface area contributed by atoms with Crippen molar-refractivity contribution >= 4 is 11.6 Å². The second kappa shape index (κ2) is 11.0. The molecule has 5 heteroatoms. The first-order valence-corrected chi connectivity index (χ1v) is 3.97. The van der Waals surface area contributed by atoms with Crippen molar-refractivity contribution in [2.75, 3.05) is 0 Å².